The second-order valence-corrected chi connectivity index (χ2v) is 15.5. The molecule has 3 aromatic rings. The summed E-state index contributed by atoms with van der Waals surface area (Å²) >= 11 is 0. The SMILES string of the molecule is CCC1CC(S(=O)(=O)[O-])C2C=C3CC(CC4OC3c3ccc(O)cc3C#CCC4CO)C2c2ccc(cc2)C(N=C(N)N)Oc2ccc1cc2.[Na+]. The zero-order valence-corrected chi connectivity index (χ0v) is 31.6. The van der Waals surface area contributed by atoms with Gasteiger partial charge in [0, 0.05) is 35.6 Å². The Bertz CT molecular complexity index is 1970. The largest absolute Gasteiger partial charge is 1.00 e. The first-order valence-electron chi connectivity index (χ1n) is 17.2. The van der Waals surface area contributed by atoms with E-state index in [1.165, 1.54) is 0 Å². The van der Waals surface area contributed by atoms with E-state index in [4.69, 9.17) is 20.9 Å². The number of aliphatic hydroxyl groups is 1. The predicted molar refractivity (Wildman–Crippen MR) is 188 cm³/mol. The van der Waals surface area contributed by atoms with Crippen molar-refractivity contribution in [3.8, 4) is 23.3 Å². The van der Waals surface area contributed by atoms with Gasteiger partial charge in [0.25, 0.3) is 0 Å². The van der Waals surface area contributed by atoms with Crippen LogP contribution in [-0.2, 0) is 14.9 Å². The molecule has 7 aliphatic rings. The minimum Gasteiger partial charge on any atom is -0.748 e. The van der Waals surface area contributed by atoms with Crippen molar-refractivity contribution in [1.29, 1.82) is 0 Å². The van der Waals surface area contributed by atoms with Gasteiger partial charge in [0.1, 0.15) is 17.6 Å². The molecule has 10 nitrogen and oxygen atoms in total. The number of aliphatic imine (C=N–C) groups is 1. The fraction of sp³-hybridized carbons (Fsp3) is 0.410. The van der Waals surface area contributed by atoms with E-state index in [0.717, 1.165) is 22.3 Å². The standard InChI is InChI=1S/C39H43N3O7S.Na/c1-2-22-20-35(50(45,46)47)33-18-29-16-28(19-34-27(21-43)5-3-4-26-17-30(44)12-15-32(26)37(29)49-34)36(33)24-6-8-25(9-7-24)38(42-39(40)41)48-31-13-10-23(22)11-14-31;/h6-15,17-18,22,27-28,33-38,43-44H,2,5,16,19-21H2,1H3,(H4,40,41,42)(H,45,46,47);/q;+1/p-1. The molecule has 8 bridgehead atoms. The third-order valence-electron chi connectivity index (χ3n) is 11.0. The summed E-state index contributed by atoms with van der Waals surface area (Å²) in [6, 6.07) is 20.1. The molecule has 12 heteroatoms. The number of aromatic hydroxyl groups is 1. The molecule has 6 N–H and O–H groups in total. The number of rotatable bonds is 4. The van der Waals surface area contributed by atoms with Crippen molar-refractivity contribution in [3.05, 3.63) is 106 Å². The molecule has 51 heavy (non-hydrogen) atoms. The normalized spacial score (nSPS) is 29.5. The van der Waals surface area contributed by atoms with Crippen molar-refractivity contribution in [1.82, 2.24) is 0 Å². The molecule has 0 saturated carbocycles. The molecule has 6 aliphatic heterocycles. The molecule has 0 amide bonds. The van der Waals surface area contributed by atoms with Gasteiger partial charge in [0.15, 0.2) is 5.96 Å². The van der Waals surface area contributed by atoms with E-state index in [1.54, 1.807) is 18.2 Å². The molecular formula is C39H42N3NaO7S. The van der Waals surface area contributed by atoms with Gasteiger partial charge in [-0.05, 0) is 90.3 Å². The van der Waals surface area contributed by atoms with Crippen molar-refractivity contribution in [2.75, 3.05) is 6.61 Å². The molecule has 0 radical (unpaired) electrons. The monoisotopic (exact) mass is 719 g/mol. The summed E-state index contributed by atoms with van der Waals surface area (Å²) < 4.78 is 53.7. The number of phenols is 1. The molecule has 1 saturated heterocycles. The number of aliphatic hydroxyl groups excluding tert-OH is 1. The van der Waals surface area contributed by atoms with E-state index < -0.39 is 39.7 Å². The number of benzene rings is 3. The average Bonchev–Trinajstić information content (AvgIpc) is 3.18. The maximum absolute atomic E-state index is 13.5. The first-order valence-corrected chi connectivity index (χ1v) is 18.7. The van der Waals surface area contributed by atoms with Gasteiger partial charge in [-0.15, -0.1) is 0 Å². The van der Waals surface area contributed by atoms with Gasteiger partial charge < -0.3 is 35.7 Å². The molecule has 0 aromatic heterocycles. The van der Waals surface area contributed by atoms with Gasteiger partial charge in [-0.25, -0.2) is 13.4 Å². The first kappa shape index (κ1) is 37.4. The molecular weight excluding hydrogens is 678 g/mol. The van der Waals surface area contributed by atoms with Crippen LogP contribution < -0.4 is 45.8 Å². The Kier molecular flexibility index (Phi) is 11.2. The van der Waals surface area contributed by atoms with Crippen LogP contribution in [0.25, 0.3) is 0 Å². The minimum atomic E-state index is -4.81. The van der Waals surface area contributed by atoms with Crippen LogP contribution in [0, 0.1) is 29.6 Å². The first-order chi connectivity index (χ1) is 24.0. The zero-order chi connectivity index (χ0) is 35.2. The third kappa shape index (κ3) is 7.74. The number of nitrogens with zero attached hydrogens (tertiary/aromatic N) is 1. The van der Waals surface area contributed by atoms with Crippen LogP contribution in [0.3, 0.4) is 0 Å². The number of hydrogen-bond acceptors (Lipinski definition) is 8. The fourth-order valence-corrected chi connectivity index (χ4v) is 9.61. The van der Waals surface area contributed by atoms with E-state index in [-0.39, 0.29) is 78.0 Å². The summed E-state index contributed by atoms with van der Waals surface area (Å²) in [7, 11) is -4.81. The van der Waals surface area contributed by atoms with Crippen LogP contribution in [0.4, 0.5) is 0 Å². The van der Waals surface area contributed by atoms with Crippen LogP contribution in [-0.4, -0.2) is 47.1 Å². The fourth-order valence-electron chi connectivity index (χ4n) is 8.51. The summed E-state index contributed by atoms with van der Waals surface area (Å²) in [6.07, 6.45) is 2.45. The number of guanidine groups is 1. The topological polar surface area (TPSA) is 181 Å². The molecule has 9 atom stereocenters. The Morgan fingerprint density at radius 3 is 2.39 bits per heavy atom. The Hall–Kier alpha value is -3.34. The van der Waals surface area contributed by atoms with Gasteiger partial charge in [-0.3, -0.25) is 0 Å². The molecule has 9 unspecified atom stereocenters. The molecule has 6 heterocycles. The molecule has 3 aromatic carbocycles. The second kappa shape index (κ2) is 15.3. The summed E-state index contributed by atoms with van der Waals surface area (Å²) in [4.78, 5) is 4.35. The van der Waals surface area contributed by atoms with E-state index >= 15 is 0 Å². The molecule has 1 fully saturated rings. The van der Waals surface area contributed by atoms with Crippen molar-refractivity contribution >= 4 is 16.1 Å². The number of nitrogens with two attached hydrogens (primary N) is 2. The summed E-state index contributed by atoms with van der Waals surface area (Å²) in [5.74, 6) is 5.21. The van der Waals surface area contributed by atoms with Gasteiger partial charge in [-0.2, -0.15) is 0 Å². The number of allylic oxidation sites excluding steroid dienone is 1. The van der Waals surface area contributed by atoms with Crippen LogP contribution >= 0.6 is 0 Å². The van der Waals surface area contributed by atoms with E-state index in [1.807, 2.05) is 61.5 Å². The summed E-state index contributed by atoms with van der Waals surface area (Å²) in [5, 5.41) is 19.7. The molecule has 262 valence electrons. The van der Waals surface area contributed by atoms with Crippen molar-refractivity contribution in [2.24, 2.45) is 34.2 Å². The maximum Gasteiger partial charge on any atom is 1.00 e. The molecule has 1 aliphatic carbocycles. The number of fused-ring (bicyclic) bond motifs is 7. The Morgan fingerprint density at radius 2 is 1.73 bits per heavy atom. The summed E-state index contributed by atoms with van der Waals surface area (Å²) in [6.45, 7) is 1.86. The van der Waals surface area contributed by atoms with Crippen molar-refractivity contribution < 1.29 is 62.2 Å². The van der Waals surface area contributed by atoms with Crippen LogP contribution in [0.15, 0.2) is 83.4 Å². The Balaban J connectivity index is 0.00000448. The van der Waals surface area contributed by atoms with E-state index in [0.29, 0.717) is 42.6 Å². The number of hydrogen-bond donors (Lipinski definition) is 4. The molecule has 10 rings (SSSR count). The number of ether oxygens (including phenoxy) is 2. The number of phenolic OH excluding ortho intramolecular Hbond substituents is 1. The Morgan fingerprint density at radius 1 is 1.02 bits per heavy atom. The Labute approximate surface area is 321 Å². The smallest absolute Gasteiger partial charge is 0.748 e. The second-order valence-electron chi connectivity index (χ2n) is 14.0. The predicted octanol–water partition coefficient (Wildman–Crippen LogP) is 2.10. The quantitative estimate of drug-likeness (QED) is 0.0785. The van der Waals surface area contributed by atoms with Gasteiger partial charge in [0.05, 0.1) is 21.5 Å². The van der Waals surface area contributed by atoms with E-state index in [2.05, 4.69) is 16.8 Å². The van der Waals surface area contributed by atoms with Gasteiger partial charge in [0.2, 0.25) is 6.23 Å². The zero-order valence-electron chi connectivity index (χ0n) is 28.8. The van der Waals surface area contributed by atoms with E-state index in [9.17, 15) is 23.2 Å². The van der Waals surface area contributed by atoms with Crippen molar-refractivity contribution in [2.45, 2.75) is 74.5 Å². The summed E-state index contributed by atoms with van der Waals surface area (Å²) in [5.41, 5.74) is 16.4. The van der Waals surface area contributed by atoms with Crippen LogP contribution in [0.5, 0.6) is 11.5 Å². The maximum atomic E-state index is 13.5. The molecule has 0 spiro atoms. The van der Waals surface area contributed by atoms with Crippen LogP contribution in [0.1, 0.15) is 91.0 Å². The van der Waals surface area contributed by atoms with Gasteiger partial charge >= 0.3 is 29.6 Å². The van der Waals surface area contributed by atoms with Crippen molar-refractivity contribution in [3.63, 3.8) is 0 Å². The average molecular weight is 720 g/mol. The van der Waals surface area contributed by atoms with Crippen LogP contribution in [0.2, 0.25) is 0 Å². The minimum absolute atomic E-state index is 0. The van der Waals surface area contributed by atoms with Gasteiger partial charge in [-0.1, -0.05) is 67.3 Å². The third-order valence-corrected chi connectivity index (χ3v) is 12.2.